The van der Waals surface area contributed by atoms with Gasteiger partial charge in [-0.05, 0) is 84.1 Å². The molecule has 198 valence electrons. The van der Waals surface area contributed by atoms with E-state index in [2.05, 4.69) is 0 Å². The van der Waals surface area contributed by atoms with E-state index in [1.54, 1.807) is 24.3 Å². The van der Waals surface area contributed by atoms with Crippen LogP contribution in [0, 0.1) is 17.6 Å². The Morgan fingerprint density at radius 3 is 2.15 bits per heavy atom. The Bertz CT molecular complexity index is 1520. The van der Waals surface area contributed by atoms with E-state index in [9.17, 15) is 33.7 Å². The Hall–Kier alpha value is -4.56. The van der Waals surface area contributed by atoms with Crippen molar-refractivity contribution in [3.05, 3.63) is 119 Å². The fourth-order valence-electron chi connectivity index (χ4n) is 5.07. The summed E-state index contributed by atoms with van der Waals surface area (Å²) in [5.41, 5.74) is 2.80. The fraction of sp³-hybridized carbons (Fsp3) is 0.161. The molecule has 1 saturated heterocycles. The number of carbonyl (C=O) groups is 2. The number of aromatic hydroxyl groups is 1. The lowest BCUT2D eigenvalue weighted by Crippen LogP contribution is -2.55. The largest absolute Gasteiger partial charge is 0.508 e. The van der Waals surface area contributed by atoms with Crippen molar-refractivity contribution in [2.75, 3.05) is 4.90 Å². The van der Waals surface area contributed by atoms with E-state index in [1.165, 1.54) is 71.6 Å². The zero-order valence-electron chi connectivity index (χ0n) is 20.7. The number of hydrogen-bond acceptors (Lipinski definition) is 4. The maximum absolute atomic E-state index is 13.6. The average molecular weight is 530 g/mol. The van der Waals surface area contributed by atoms with E-state index >= 15 is 0 Å². The summed E-state index contributed by atoms with van der Waals surface area (Å²) in [7, 11) is 0. The Kier molecular flexibility index (Phi) is 7.13. The number of aliphatic hydroxyl groups excluding tert-OH is 1. The molecule has 0 radical (unpaired) electrons. The van der Waals surface area contributed by atoms with Crippen molar-refractivity contribution in [2.24, 2.45) is 5.92 Å². The zero-order valence-corrected chi connectivity index (χ0v) is 20.7. The van der Waals surface area contributed by atoms with Gasteiger partial charge in [0.1, 0.15) is 17.4 Å². The number of aliphatic hydroxyl groups is 1. The summed E-state index contributed by atoms with van der Waals surface area (Å²) in [6.07, 6.45) is -0.380. The molecule has 1 aliphatic heterocycles. The summed E-state index contributed by atoms with van der Waals surface area (Å²) in [5.74, 6) is -2.80. The van der Waals surface area contributed by atoms with Crippen LogP contribution < -0.4 is 4.90 Å². The molecule has 1 aliphatic rings. The standard InChI is InChI=1S/C31H25F2NO5/c32-22-7-4-18(5-8-22)27(35)15-14-26-29(34(30(26)37)24-11-9-23(33)10-12-24)25-13-6-20(17-28(25)36)19-2-1-3-21(16-19)31(38)39/h1-13,16-17,26-27,29,35-36H,14-15H2,(H,38,39)/t26-,27+,29-/m1/s1. The molecule has 3 N–H and O–H groups in total. The molecule has 0 bridgehead atoms. The van der Waals surface area contributed by atoms with Crippen LogP contribution >= 0.6 is 0 Å². The van der Waals surface area contributed by atoms with Crippen molar-refractivity contribution < 1.29 is 33.7 Å². The first-order valence-electron chi connectivity index (χ1n) is 12.4. The highest BCUT2D eigenvalue weighted by Gasteiger charge is 2.49. The second-order valence-corrected chi connectivity index (χ2v) is 9.54. The van der Waals surface area contributed by atoms with Crippen molar-refractivity contribution in [3.8, 4) is 16.9 Å². The lowest BCUT2D eigenvalue weighted by atomic mass is 9.77. The number of nitrogens with zero attached hydrogens (tertiary/aromatic N) is 1. The van der Waals surface area contributed by atoms with Gasteiger partial charge in [-0.25, -0.2) is 13.6 Å². The Labute approximate surface area is 223 Å². The van der Waals surface area contributed by atoms with Crippen LogP contribution in [0.2, 0.25) is 0 Å². The number of benzene rings is 4. The molecule has 1 heterocycles. The molecule has 0 spiro atoms. The smallest absolute Gasteiger partial charge is 0.335 e. The van der Waals surface area contributed by atoms with Crippen LogP contribution in [0.25, 0.3) is 11.1 Å². The Morgan fingerprint density at radius 2 is 1.51 bits per heavy atom. The molecule has 3 atom stereocenters. The molecule has 0 aliphatic carbocycles. The topological polar surface area (TPSA) is 98.1 Å². The lowest BCUT2D eigenvalue weighted by Gasteiger charge is -2.48. The molecule has 8 heteroatoms. The molecule has 1 fully saturated rings. The summed E-state index contributed by atoms with van der Waals surface area (Å²) in [6, 6.07) is 21.7. The predicted octanol–water partition coefficient (Wildman–Crippen LogP) is 6.25. The van der Waals surface area contributed by atoms with Gasteiger partial charge in [0.25, 0.3) is 0 Å². The van der Waals surface area contributed by atoms with Gasteiger partial charge in [0.05, 0.1) is 23.6 Å². The number of phenols is 1. The molecule has 0 saturated carbocycles. The number of amides is 1. The van der Waals surface area contributed by atoms with Crippen molar-refractivity contribution in [1.29, 1.82) is 0 Å². The van der Waals surface area contributed by atoms with Gasteiger partial charge in [-0.2, -0.15) is 0 Å². The molecule has 6 nitrogen and oxygen atoms in total. The minimum atomic E-state index is -1.06. The SMILES string of the molecule is O=C(O)c1cccc(-c2ccc([C@@H]3[C@@H](CC[C@H](O)c4ccc(F)cc4)C(=O)N3c3ccc(F)cc3)c(O)c2)c1. The second-order valence-electron chi connectivity index (χ2n) is 9.54. The minimum Gasteiger partial charge on any atom is -0.508 e. The Balaban J connectivity index is 1.44. The van der Waals surface area contributed by atoms with Gasteiger partial charge in [0, 0.05) is 11.3 Å². The van der Waals surface area contributed by atoms with Crippen LogP contribution in [0.3, 0.4) is 0 Å². The summed E-state index contributed by atoms with van der Waals surface area (Å²) in [6.45, 7) is 0. The van der Waals surface area contributed by atoms with Gasteiger partial charge in [-0.3, -0.25) is 4.79 Å². The van der Waals surface area contributed by atoms with Crippen molar-refractivity contribution in [1.82, 2.24) is 0 Å². The predicted molar refractivity (Wildman–Crippen MR) is 141 cm³/mol. The highest BCUT2D eigenvalue weighted by Crippen LogP contribution is 2.49. The highest BCUT2D eigenvalue weighted by molar-refractivity contribution is 6.03. The molecular formula is C31H25F2NO5. The van der Waals surface area contributed by atoms with Crippen LogP contribution in [0.5, 0.6) is 5.75 Å². The lowest BCUT2D eigenvalue weighted by molar-refractivity contribution is -0.131. The summed E-state index contributed by atoms with van der Waals surface area (Å²) < 4.78 is 26.9. The Morgan fingerprint density at radius 1 is 0.872 bits per heavy atom. The quantitative estimate of drug-likeness (QED) is 0.234. The fourth-order valence-corrected chi connectivity index (χ4v) is 5.07. The van der Waals surface area contributed by atoms with Gasteiger partial charge in [-0.1, -0.05) is 36.4 Å². The third-order valence-electron chi connectivity index (χ3n) is 7.12. The van der Waals surface area contributed by atoms with Crippen LogP contribution in [0.15, 0.2) is 91.0 Å². The van der Waals surface area contributed by atoms with E-state index in [0.717, 1.165) is 0 Å². The number of halogens is 2. The second kappa shape index (κ2) is 10.7. The summed E-state index contributed by atoms with van der Waals surface area (Å²) in [5, 5.41) is 31.0. The molecule has 0 unspecified atom stereocenters. The number of carboxylic acid groups (broad SMARTS) is 1. The van der Waals surface area contributed by atoms with E-state index in [1.807, 2.05) is 0 Å². The first kappa shape index (κ1) is 26.1. The number of phenolic OH excluding ortho intramolecular Hbond substituents is 1. The van der Waals surface area contributed by atoms with E-state index in [4.69, 9.17) is 0 Å². The molecule has 1 amide bonds. The van der Waals surface area contributed by atoms with Gasteiger partial charge in [0.2, 0.25) is 5.91 Å². The van der Waals surface area contributed by atoms with Crippen LogP contribution in [0.1, 0.15) is 46.5 Å². The van der Waals surface area contributed by atoms with Gasteiger partial charge >= 0.3 is 5.97 Å². The van der Waals surface area contributed by atoms with Crippen molar-refractivity contribution in [2.45, 2.75) is 25.0 Å². The van der Waals surface area contributed by atoms with Crippen molar-refractivity contribution in [3.63, 3.8) is 0 Å². The number of aromatic carboxylic acids is 1. The average Bonchev–Trinajstić information content (AvgIpc) is 2.93. The molecular weight excluding hydrogens is 504 g/mol. The number of β-lactam (4-membered cyclic amide) rings is 1. The van der Waals surface area contributed by atoms with Crippen LogP contribution in [-0.2, 0) is 4.79 Å². The number of rotatable bonds is 8. The van der Waals surface area contributed by atoms with Gasteiger partial charge < -0.3 is 20.2 Å². The number of carboxylic acids is 1. The number of hydrogen-bond donors (Lipinski definition) is 3. The van der Waals surface area contributed by atoms with Gasteiger partial charge in [0.15, 0.2) is 0 Å². The maximum atomic E-state index is 13.6. The molecule has 0 aromatic heterocycles. The first-order valence-corrected chi connectivity index (χ1v) is 12.4. The molecule has 5 rings (SSSR count). The van der Waals surface area contributed by atoms with Crippen LogP contribution in [-0.4, -0.2) is 27.2 Å². The van der Waals surface area contributed by atoms with E-state index in [0.29, 0.717) is 34.4 Å². The summed E-state index contributed by atoms with van der Waals surface area (Å²) in [4.78, 5) is 26.2. The minimum absolute atomic E-state index is 0.0816. The first-order chi connectivity index (χ1) is 18.7. The zero-order chi connectivity index (χ0) is 27.7. The van der Waals surface area contributed by atoms with Gasteiger partial charge in [-0.15, -0.1) is 0 Å². The molecule has 4 aromatic carbocycles. The number of carbonyl (C=O) groups excluding carboxylic acids is 1. The van der Waals surface area contributed by atoms with Crippen LogP contribution in [0.4, 0.5) is 14.5 Å². The normalized spacial score (nSPS) is 17.5. The monoisotopic (exact) mass is 529 g/mol. The third kappa shape index (κ3) is 5.24. The third-order valence-corrected chi connectivity index (χ3v) is 7.12. The molecule has 4 aromatic rings. The number of anilines is 1. The van der Waals surface area contributed by atoms with Crippen molar-refractivity contribution >= 4 is 17.6 Å². The molecule has 39 heavy (non-hydrogen) atoms. The summed E-state index contributed by atoms with van der Waals surface area (Å²) >= 11 is 0. The highest BCUT2D eigenvalue weighted by atomic mass is 19.1. The maximum Gasteiger partial charge on any atom is 0.335 e. The van der Waals surface area contributed by atoms with E-state index < -0.39 is 35.7 Å². The van der Waals surface area contributed by atoms with E-state index in [-0.39, 0.29) is 23.6 Å².